The summed E-state index contributed by atoms with van der Waals surface area (Å²) < 4.78 is 0. The van der Waals surface area contributed by atoms with Crippen LogP contribution in [0, 0.1) is 0 Å². The van der Waals surface area contributed by atoms with Gasteiger partial charge in [-0.3, -0.25) is 14.6 Å². The summed E-state index contributed by atoms with van der Waals surface area (Å²) in [6.45, 7) is 9.08. The Hall–Kier alpha value is -1.39. The quantitative estimate of drug-likeness (QED) is 0.838. The van der Waals surface area contributed by atoms with Crippen molar-refractivity contribution in [2.75, 3.05) is 26.2 Å². The molecule has 0 spiro atoms. The van der Waals surface area contributed by atoms with Crippen molar-refractivity contribution in [3.8, 4) is 0 Å². The number of rotatable bonds is 7. The Balaban J connectivity index is 2.10. The molecule has 1 aromatic rings. The fourth-order valence-corrected chi connectivity index (χ4v) is 3.02. The van der Waals surface area contributed by atoms with Gasteiger partial charge < -0.3 is 5.11 Å². The summed E-state index contributed by atoms with van der Waals surface area (Å²) in [7, 11) is 0. The van der Waals surface area contributed by atoms with Crippen LogP contribution in [-0.2, 0) is 11.3 Å². The molecule has 1 aliphatic heterocycles. The molecule has 0 aliphatic carbocycles. The van der Waals surface area contributed by atoms with Crippen LogP contribution >= 0.6 is 0 Å². The Morgan fingerprint density at radius 1 is 1.19 bits per heavy atom. The van der Waals surface area contributed by atoms with Gasteiger partial charge in [-0.25, -0.2) is 0 Å². The Morgan fingerprint density at radius 3 is 2.24 bits per heavy atom. The van der Waals surface area contributed by atoms with E-state index in [0.29, 0.717) is 0 Å². The highest BCUT2D eigenvalue weighted by Crippen LogP contribution is 2.25. The van der Waals surface area contributed by atoms with Gasteiger partial charge in [0.2, 0.25) is 0 Å². The summed E-state index contributed by atoms with van der Waals surface area (Å²) >= 11 is 0. The molecule has 1 aromatic carbocycles. The average Bonchev–Trinajstić information content (AvgIpc) is 3.00. The van der Waals surface area contributed by atoms with Crippen LogP contribution in [0.15, 0.2) is 24.3 Å². The van der Waals surface area contributed by atoms with Crippen LogP contribution in [0.2, 0.25) is 0 Å². The van der Waals surface area contributed by atoms with Crippen LogP contribution < -0.4 is 0 Å². The third kappa shape index (κ3) is 4.05. The number of nitrogens with zero attached hydrogens (tertiary/aromatic N) is 2. The molecule has 0 amide bonds. The van der Waals surface area contributed by atoms with E-state index in [-0.39, 0.29) is 0 Å². The lowest BCUT2D eigenvalue weighted by Crippen LogP contribution is -2.31. The van der Waals surface area contributed by atoms with Gasteiger partial charge in [0.1, 0.15) is 6.04 Å². The van der Waals surface area contributed by atoms with Crippen molar-refractivity contribution in [3.63, 3.8) is 0 Å². The van der Waals surface area contributed by atoms with E-state index in [9.17, 15) is 9.90 Å². The maximum Gasteiger partial charge on any atom is 0.325 e. The van der Waals surface area contributed by atoms with Crippen LogP contribution in [0.4, 0.5) is 0 Å². The monoisotopic (exact) mass is 290 g/mol. The minimum Gasteiger partial charge on any atom is -0.480 e. The molecule has 2 rings (SSSR count). The molecule has 1 aliphatic rings. The number of carboxylic acid groups (broad SMARTS) is 1. The van der Waals surface area contributed by atoms with Gasteiger partial charge in [0.15, 0.2) is 0 Å². The van der Waals surface area contributed by atoms with E-state index >= 15 is 0 Å². The number of aliphatic carboxylic acids is 1. The first-order chi connectivity index (χ1) is 10.2. The zero-order valence-electron chi connectivity index (χ0n) is 13.1. The van der Waals surface area contributed by atoms with Crippen LogP contribution in [0.1, 0.15) is 43.9 Å². The largest absolute Gasteiger partial charge is 0.480 e. The van der Waals surface area contributed by atoms with Gasteiger partial charge in [-0.1, -0.05) is 38.1 Å². The molecule has 0 aromatic heterocycles. The number of carboxylic acids is 1. The third-order valence-corrected chi connectivity index (χ3v) is 4.34. The molecule has 1 heterocycles. The highest BCUT2D eigenvalue weighted by atomic mass is 16.4. The van der Waals surface area contributed by atoms with Crippen LogP contribution in [0.3, 0.4) is 0 Å². The van der Waals surface area contributed by atoms with E-state index in [1.165, 1.54) is 5.56 Å². The first-order valence-corrected chi connectivity index (χ1v) is 7.93. The number of likely N-dealkylation sites (tertiary alicyclic amines) is 1. The molecule has 1 unspecified atom stereocenters. The van der Waals surface area contributed by atoms with Crippen LogP contribution in [0.5, 0.6) is 0 Å². The molecule has 1 fully saturated rings. The molecule has 4 nitrogen and oxygen atoms in total. The van der Waals surface area contributed by atoms with Gasteiger partial charge in [-0.2, -0.15) is 0 Å². The second kappa shape index (κ2) is 7.57. The van der Waals surface area contributed by atoms with E-state index in [0.717, 1.165) is 51.1 Å². The van der Waals surface area contributed by atoms with Crippen LogP contribution in [0.25, 0.3) is 0 Å². The van der Waals surface area contributed by atoms with E-state index < -0.39 is 12.0 Å². The molecule has 4 heteroatoms. The molecule has 21 heavy (non-hydrogen) atoms. The molecular weight excluding hydrogens is 264 g/mol. The Morgan fingerprint density at radius 2 is 1.76 bits per heavy atom. The molecule has 0 saturated carbocycles. The molecule has 0 bridgehead atoms. The smallest absolute Gasteiger partial charge is 0.325 e. The van der Waals surface area contributed by atoms with E-state index in [2.05, 4.69) is 35.8 Å². The van der Waals surface area contributed by atoms with Gasteiger partial charge in [-0.15, -0.1) is 0 Å². The predicted molar refractivity (Wildman–Crippen MR) is 84.3 cm³/mol. The number of hydrogen-bond acceptors (Lipinski definition) is 3. The number of hydrogen-bond donors (Lipinski definition) is 1. The van der Waals surface area contributed by atoms with E-state index in [1.807, 2.05) is 12.1 Å². The zero-order chi connectivity index (χ0) is 15.2. The summed E-state index contributed by atoms with van der Waals surface area (Å²) in [5.74, 6) is -0.742. The minimum atomic E-state index is -0.742. The highest BCUT2D eigenvalue weighted by Gasteiger charge is 2.29. The Labute approximate surface area is 127 Å². The second-order valence-corrected chi connectivity index (χ2v) is 5.69. The number of benzene rings is 1. The predicted octanol–water partition coefficient (Wildman–Crippen LogP) is 2.75. The van der Waals surface area contributed by atoms with Gasteiger partial charge in [0.25, 0.3) is 0 Å². The van der Waals surface area contributed by atoms with Crippen molar-refractivity contribution in [1.29, 1.82) is 0 Å². The SMILES string of the molecule is CCN(CC)Cc1ccc(C(C(=O)O)N2CCCC2)cc1. The van der Waals surface area contributed by atoms with Gasteiger partial charge in [0.05, 0.1) is 0 Å². The van der Waals surface area contributed by atoms with Crippen molar-refractivity contribution in [2.24, 2.45) is 0 Å². The average molecular weight is 290 g/mol. The summed E-state index contributed by atoms with van der Waals surface area (Å²) in [5.41, 5.74) is 2.14. The highest BCUT2D eigenvalue weighted by molar-refractivity contribution is 5.75. The van der Waals surface area contributed by atoms with Crippen molar-refractivity contribution in [3.05, 3.63) is 35.4 Å². The molecule has 0 radical (unpaired) electrons. The molecule has 1 atom stereocenters. The fourth-order valence-electron chi connectivity index (χ4n) is 3.02. The van der Waals surface area contributed by atoms with Crippen molar-refractivity contribution in [1.82, 2.24) is 9.80 Å². The lowest BCUT2D eigenvalue weighted by Gasteiger charge is -2.24. The minimum absolute atomic E-state index is 0.491. The molecule has 116 valence electrons. The maximum atomic E-state index is 11.6. The third-order valence-electron chi connectivity index (χ3n) is 4.34. The molecule has 1 saturated heterocycles. The summed E-state index contributed by atoms with van der Waals surface area (Å²) in [6, 6.07) is 7.61. The topological polar surface area (TPSA) is 43.8 Å². The first-order valence-electron chi connectivity index (χ1n) is 7.93. The zero-order valence-corrected chi connectivity index (χ0v) is 13.1. The summed E-state index contributed by atoms with van der Waals surface area (Å²) in [5, 5.41) is 9.53. The van der Waals surface area contributed by atoms with Gasteiger partial charge in [0, 0.05) is 6.54 Å². The van der Waals surface area contributed by atoms with Crippen molar-refractivity contribution < 1.29 is 9.90 Å². The fraction of sp³-hybridized carbons (Fsp3) is 0.588. The van der Waals surface area contributed by atoms with Crippen molar-refractivity contribution in [2.45, 2.75) is 39.3 Å². The molecular formula is C17H26N2O2. The maximum absolute atomic E-state index is 11.6. The normalized spacial score (nSPS) is 17.3. The van der Waals surface area contributed by atoms with E-state index in [1.54, 1.807) is 0 Å². The van der Waals surface area contributed by atoms with Gasteiger partial charge in [-0.05, 0) is 50.1 Å². The van der Waals surface area contributed by atoms with Gasteiger partial charge >= 0.3 is 5.97 Å². The lowest BCUT2D eigenvalue weighted by molar-refractivity contribution is -0.143. The summed E-state index contributed by atoms with van der Waals surface area (Å²) in [4.78, 5) is 16.0. The van der Waals surface area contributed by atoms with Crippen molar-refractivity contribution >= 4 is 5.97 Å². The van der Waals surface area contributed by atoms with Crippen LogP contribution in [-0.4, -0.2) is 47.1 Å². The lowest BCUT2D eigenvalue weighted by atomic mass is 10.0. The Kier molecular flexibility index (Phi) is 5.76. The first kappa shape index (κ1) is 16.0. The van der Waals surface area contributed by atoms with E-state index in [4.69, 9.17) is 0 Å². The Bertz CT molecular complexity index is 448. The summed E-state index contributed by atoms with van der Waals surface area (Å²) in [6.07, 6.45) is 2.20. The molecule has 1 N–H and O–H groups in total. The standard InChI is InChI=1S/C17H26N2O2/c1-3-18(4-2)13-14-7-9-15(10-8-14)16(17(20)21)19-11-5-6-12-19/h7-10,16H,3-6,11-13H2,1-2H3,(H,20,21). The second-order valence-electron chi connectivity index (χ2n) is 5.69. The number of carbonyl (C=O) groups is 1.